The number of carbonyl (C=O) groups excluding carboxylic acids is 1. The molecule has 1 saturated carbocycles. The van der Waals surface area contributed by atoms with E-state index in [1.165, 1.54) is 6.20 Å². The fraction of sp³-hybridized carbons (Fsp3) is 0.440. The minimum atomic E-state index is -0.683. The highest BCUT2D eigenvalue weighted by Crippen LogP contribution is 2.33. The molecule has 9 nitrogen and oxygen atoms in total. The summed E-state index contributed by atoms with van der Waals surface area (Å²) in [5.41, 5.74) is 1.78. The first kappa shape index (κ1) is 24.9. The smallest absolute Gasteiger partial charge is 0.251 e. The Morgan fingerprint density at radius 3 is 2.60 bits per heavy atom. The van der Waals surface area contributed by atoms with Crippen LogP contribution in [0.15, 0.2) is 36.8 Å². The van der Waals surface area contributed by atoms with Crippen molar-refractivity contribution in [3.8, 4) is 17.0 Å². The van der Waals surface area contributed by atoms with E-state index in [2.05, 4.69) is 25.7 Å². The largest absolute Gasteiger partial charge is 0.495 e. The second-order valence-electron chi connectivity index (χ2n) is 9.51. The molecule has 1 aliphatic rings. The van der Waals surface area contributed by atoms with Crippen molar-refractivity contribution in [2.45, 2.75) is 51.2 Å². The van der Waals surface area contributed by atoms with Gasteiger partial charge >= 0.3 is 0 Å². The molecule has 186 valence electrons. The van der Waals surface area contributed by atoms with E-state index < -0.39 is 5.60 Å². The van der Waals surface area contributed by atoms with Gasteiger partial charge in [0, 0.05) is 30.4 Å². The Balaban J connectivity index is 1.45. The van der Waals surface area contributed by atoms with Gasteiger partial charge in [-0.05, 0) is 63.6 Å². The molecule has 1 aliphatic carbocycles. The normalized spacial score (nSPS) is 18.2. The van der Waals surface area contributed by atoms with Gasteiger partial charge < -0.3 is 20.5 Å². The van der Waals surface area contributed by atoms with E-state index in [-0.39, 0.29) is 17.9 Å². The summed E-state index contributed by atoms with van der Waals surface area (Å²) in [5.74, 6) is 0.940. The number of ether oxygens (including phenoxy) is 1. The van der Waals surface area contributed by atoms with Gasteiger partial charge in [-0.15, -0.1) is 0 Å². The van der Waals surface area contributed by atoms with Crippen molar-refractivity contribution in [2.24, 2.45) is 13.0 Å². The Hall–Kier alpha value is -3.17. The van der Waals surface area contributed by atoms with Crippen molar-refractivity contribution in [2.75, 3.05) is 12.4 Å². The second kappa shape index (κ2) is 10.2. The number of hydrogen-bond donors (Lipinski definition) is 3. The molecule has 1 amide bonds. The number of nitrogens with zero attached hydrogens (tertiary/aromatic N) is 4. The average Bonchev–Trinajstić information content (AvgIpc) is 3.26. The van der Waals surface area contributed by atoms with Crippen molar-refractivity contribution >= 4 is 29.1 Å². The van der Waals surface area contributed by atoms with Crippen LogP contribution >= 0.6 is 11.6 Å². The van der Waals surface area contributed by atoms with E-state index in [4.69, 9.17) is 16.3 Å². The Kier molecular flexibility index (Phi) is 7.28. The van der Waals surface area contributed by atoms with E-state index in [0.717, 1.165) is 31.2 Å². The quantitative estimate of drug-likeness (QED) is 0.444. The number of methoxy groups -OCH3 is 1. The van der Waals surface area contributed by atoms with Crippen molar-refractivity contribution in [3.63, 3.8) is 0 Å². The highest BCUT2D eigenvalue weighted by molar-refractivity contribution is 6.32. The van der Waals surface area contributed by atoms with Crippen LogP contribution in [0.1, 0.15) is 49.9 Å². The lowest BCUT2D eigenvalue weighted by Crippen LogP contribution is -2.41. The van der Waals surface area contributed by atoms with Crippen molar-refractivity contribution in [1.29, 1.82) is 0 Å². The lowest BCUT2D eigenvalue weighted by Gasteiger charge is -2.36. The molecule has 1 aromatic carbocycles. The highest BCUT2D eigenvalue weighted by Gasteiger charge is 2.31. The van der Waals surface area contributed by atoms with Gasteiger partial charge in [-0.3, -0.25) is 9.48 Å². The van der Waals surface area contributed by atoms with Gasteiger partial charge in [0.15, 0.2) is 0 Å². The van der Waals surface area contributed by atoms with E-state index in [1.54, 1.807) is 36.2 Å². The van der Waals surface area contributed by atoms with E-state index >= 15 is 0 Å². The fourth-order valence-corrected chi connectivity index (χ4v) is 4.64. The zero-order valence-corrected chi connectivity index (χ0v) is 21.1. The van der Waals surface area contributed by atoms with Crippen LogP contribution < -0.4 is 15.4 Å². The fourth-order valence-electron chi connectivity index (χ4n) is 4.44. The standard InChI is InChI=1S/C25H31ClN6O3/c1-25(2,34)17-6-8-18(9-7-17)29-23(33)15-5-10-20(21(11-15)35-4)30-24-27-13-19(26)22(31-24)16-12-28-32(3)14-16/h5,10-14,17-18,34H,6-9H2,1-4H3,(H,29,33)(H,27,30,31). The summed E-state index contributed by atoms with van der Waals surface area (Å²) >= 11 is 6.30. The van der Waals surface area contributed by atoms with Crippen LogP contribution in [0, 0.1) is 5.92 Å². The van der Waals surface area contributed by atoms with Crippen LogP contribution in [0.4, 0.5) is 11.6 Å². The third kappa shape index (κ3) is 5.91. The SMILES string of the molecule is COc1cc(C(=O)NC2CCC(C(C)(C)O)CC2)ccc1Nc1ncc(Cl)c(-c2cnn(C)c2)n1. The first-order chi connectivity index (χ1) is 16.6. The Bertz CT molecular complexity index is 1200. The molecule has 0 spiro atoms. The topological polar surface area (TPSA) is 114 Å². The number of anilines is 2. The number of aliphatic hydroxyl groups is 1. The number of halogens is 1. The Labute approximate surface area is 209 Å². The van der Waals surface area contributed by atoms with Gasteiger partial charge in [0.25, 0.3) is 5.91 Å². The van der Waals surface area contributed by atoms with Crippen LogP contribution in [0.25, 0.3) is 11.3 Å². The summed E-state index contributed by atoms with van der Waals surface area (Å²) in [4.78, 5) is 21.7. The predicted octanol–water partition coefficient (Wildman–Crippen LogP) is 4.34. The Morgan fingerprint density at radius 1 is 1.23 bits per heavy atom. The zero-order chi connectivity index (χ0) is 25.2. The van der Waals surface area contributed by atoms with Crippen LogP contribution in [0.2, 0.25) is 5.02 Å². The van der Waals surface area contributed by atoms with Crippen molar-refractivity contribution in [1.82, 2.24) is 25.1 Å². The predicted molar refractivity (Wildman–Crippen MR) is 135 cm³/mol. The number of benzene rings is 1. The van der Waals surface area contributed by atoms with Crippen molar-refractivity contribution in [3.05, 3.63) is 47.4 Å². The summed E-state index contributed by atoms with van der Waals surface area (Å²) in [5, 5.41) is 21.1. The molecule has 0 radical (unpaired) electrons. The molecular weight excluding hydrogens is 468 g/mol. The van der Waals surface area contributed by atoms with Crippen LogP contribution in [-0.2, 0) is 7.05 Å². The first-order valence-corrected chi connectivity index (χ1v) is 12.0. The van der Waals surface area contributed by atoms with Gasteiger partial charge in [-0.25, -0.2) is 9.97 Å². The molecule has 35 heavy (non-hydrogen) atoms. The summed E-state index contributed by atoms with van der Waals surface area (Å²) in [7, 11) is 3.37. The molecule has 3 N–H and O–H groups in total. The van der Waals surface area contributed by atoms with Crippen LogP contribution in [-0.4, -0.2) is 49.5 Å². The maximum atomic E-state index is 12.9. The minimum Gasteiger partial charge on any atom is -0.495 e. The van der Waals surface area contributed by atoms with Crippen molar-refractivity contribution < 1.29 is 14.6 Å². The van der Waals surface area contributed by atoms with Gasteiger partial charge in [-0.1, -0.05) is 11.6 Å². The second-order valence-corrected chi connectivity index (χ2v) is 9.92. The molecule has 0 aliphatic heterocycles. The van der Waals surface area contributed by atoms with Gasteiger partial charge in [0.1, 0.15) is 5.75 Å². The zero-order valence-electron chi connectivity index (χ0n) is 20.4. The average molecular weight is 499 g/mol. The third-order valence-electron chi connectivity index (χ3n) is 6.49. The first-order valence-electron chi connectivity index (χ1n) is 11.6. The molecule has 4 rings (SSSR count). The maximum absolute atomic E-state index is 12.9. The van der Waals surface area contributed by atoms with Gasteiger partial charge in [0.2, 0.25) is 5.95 Å². The van der Waals surface area contributed by atoms with Crippen LogP contribution in [0.3, 0.4) is 0 Å². The summed E-state index contributed by atoms with van der Waals surface area (Å²) in [6.07, 6.45) is 8.52. The molecule has 1 fully saturated rings. The summed E-state index contributed by atoms with van der Waals surface area (Å²) in [6, 6.07) is 5.29. The van der Waals surface area contributed by atoms with Gasteiger partial charge in [-0.2, -0.15) is 5.10 Å². The molecule has 3 aromatic rings. The number of rotatable bonds is 7. The molecule has 0 atom stereocenters. The number of carbonyl (C=O) groups is 1. The monoisotopic (exact) mass is 498 g/mol. The number of hydrogen-bond acceptors (Lipinski definition) is 7. The van der Waals surface area contributed by atoms with Gasteiger partial charge in [0.05, 0.1) is 41.5 Å². The lowest BCUT2D eigenvalue weighted by molar-refractivity contribution is -0.00257. The maximum Gasteiger partial charge on any atom is 0.251 e. The lowest BCUT2D eigenvalue weighted by atomic mass is 9.77. The molecule has 2 aromatic heterocycles. The number of aromatic nitrogens is 4. The number of aryl methyl sites for hydroxylation is 1. The van der Waals surface area contributed by atoms with E-state index in [1.807, 2.05) is 27.1 Å². The number of amides is 1. The Morgan fingerprint density at radius 2 is 1.97 bits per heavy atom. The molecule has 2 heterocycles. The van der Waals surface area contributed by atoms with Crippen LogP contribution in [0.5, 0.6) is 5.75 Å². The third-order valence-corrected chi connectivity index (χ3v) is 6.77. The summed E-state index contributed by atoms with van der Waals surface area (Å²) in [6.45, 7) is 3.71. The van der Waals surface area contributed by atoms with E-state index in [0.29, 0.717) is 33.7 Å². The molecular formula is C25H31ClN6O3. The van der Waals surface area contributed by atoms with E-state index in [9.17, 15) is 9.90 Å². The molecule has 0 saturated heterocycles. The molecule has 0 bridgehead atoms. The number of nitrogens with one attached hydrogen (secondary N) is 2. The minimum absolute atomic E-state index is 0.0956. The molecule has 0 unspecified atom stereocenters. The highest BCUT2D eigenvalue weighted by atomic mass is 35.5. The summed E-state index contributed by atoms with van der Waals surface area (Å²) < 4.78 is 7.20. The molecule has 10 heteroatoms.